The summed E-state index contributed by atoms with van der Waals surface area (Å²) >= 11 is 0. The van der Waals surface area contributed by atoms with Gasteiger partial charge in [-0.2, -0.15) is 0 Å². The lowest BCUT2D eigenvalue weighted by atomic mass is 9.82. The van der Waals surface area contributed by atoms with E-state index in [0.29, 0.717) is 0 Å². The zero-order chi connectivity index (χ0) is 9.45. The molecular weight excluding hydrogens is 150 g/mol. The summed E-state index contributed by atoms with van der Waals surface area (Å²) in [6.45, 7) is 8.02. The van der Waals surface area contributed by atoms with E-state index in [2.05, 4.69) is 12.2 Å². The van der Waals surface area contributed by atoms with E-state index in [1.165, 1.54) is 19.3 Å². The first-order valence-corrected chi connectivity index (χ1v) is 5.05. The van der Waals surface area contributed by atoms with E-state index < -0.39 is 0 Å². The van der Waals surface area contributed by atoms with Gasteiger partial charge in [0.15, 0.2) is 0 Å². The Bertz CT molecular complexity index is 100. The van der Waals surface area contributed by atoms with Crippen molar-refractivity contribution in [1.29, 1.82) is 0 Å². The van der Waals surface area contributed by atoms with Gasteiger partial charge in [-0.3, -0.25) is 0 Å². The van der Waals surface area contributed by atoms with E-state index in [0.717, 1.165) is 13.2 Å². The van der Waals surface area contributed by atoms with Crippen LogP contribution in [0.25, 0.3) is 0 Å². The highest BCUT2D eigenvalue weighted by molar-refractivity contribution is 4.84. The molecule has 0 amide bonds. The van der Waals surface area contributed by atoms with Gasteiger partial charge in [0.05, 0.1) is 12.2 Å². The van der Waals surface area contributed by atoms with Crippen molar-refractivity contribution < 1.29 is 4.74 Å². The van der Waals surface area contributed by atoms with Crippen molar-refractivity contribution in [2.24, 2.45) is 0 Å². The van der Waals surface area contributed by atoms with Crippen molar-refractivity contribution in [2.75, 3.05) is 20.2 Å². The largest absolute Gasteiger partial charge is 0.374 e. The highest BCUT2D eigenvalue weighted by atomic mass is 16.5. The van der Waals surface area contributed by atoms with Crippen LogP contribution in [-0.2, 0) is 4.74 Å². The number of hydrogen-bond acceptors (Lipinski definition) is 2. The topological polar surface area (TPSA) is 21.3 Å². The maximum Gasteiger partial charge on any atom is 0.0655 e. The molecule has 2 nitrogen and oxygen atoms in total. The third kappa shape index (κ3) is 4.07. The van der Waals surface area contributed by atoms with Crippen molar-refractivity contribution in [2.45, 2.75) is 45.6 Å². The average molecular weight is 173 g/mol. The first-order chi connectivity index (χ1) is 5.77. The summed E-state index contributed by atoms with van der Waals surface area (Å²) in [4.78, 5) is 0. The van der Waals surface area contributed by atoms with Gasteiger partial charge in [-0.1, -0.05) is 13.8 Å². The number of ether oxygens (including phenoxy) is 1. The van der Waals surface area contributed by atoms with Crippen molar-refractivity contribution in [3.63, 3.8) is 0 Å². The number of rotatable bonds is 4. The molecule has 0 aromatic carbocycles. The maximum absolute atomic E-state index is 5.64. The van der Waals surface area contributed by atoms with Crippen LogP contribution in [0, 0.1) is 0 Å². The maximum atomic E-state index is 5.64. The summed E-state index contributed by atoms with van der Waals surface area (Å²) in [6.07, 6.45) is 3.84. The van der Waals surface area contributed by atoms with Crippen LogP contribution < -0.4 is 5.32 Å². The van der Waals surface area contributed by atoms with Crippen molar-refractivity contribution >= 4 is 0 Å². The summed E-state index contributed by atoms with van der Waals surface area (Å²) in [5.74, 6) is 0. The zero-order valence-corrected chi connectivity index (χ0v) is 8.94. The second-order valence-corrected chi connectivity index (χ2v) is 3.26. The third-order valence-corrected chi connectivity index (χ3v) is 2.21. The molecule has 1 aliphatic carbocycles. The minimum Gasteiger partial charge on any atom is -0.374 e. The minimum absolute atomic E-state index is 0.233. The molecule has 2 heteroatoms. The molecule has 0 spiro atoms. The molecule has 0 radical (unpaired) electrons. The summed E-state index contributed by atoms with van der Waals surface area (Å²) in [7, 11) is 1.95. The van der Waals surface area contributed by atoms with Crippen molar-refractivity contribution in [1.82, 2.24) is 5.32 Å². The van der Waals surface area contributed by atoms with E-state index in [9.17, 15) is 0 Å². The normalized spacial score (nSPS) is 19.0. The first-order valence-electron chi connectivity index (χ1n) is 5.05. The van der Waals surface area contributed by atoms with E-state index >= 15 is 0 Å². The summed E-state index contributed by atoms with van der Waals surface area (Å²) in [5, 5.41) is 3.06. The van der Waals surface area contributed by atoms with Gasteiger partial charge in [-0.05, 0) is 33.2 Å². The molecule has 1 N–H and O–H groups in total. The Labute approximate surface area is 76.7 Å². The molecule has 0 aromatic heterocycles. The Balaban J connectivity index is 0.000000561. The Morgan fingerprint density at radius 1 is 1.33 bits per heavy atom. The molecule has 1 fully saturated rings. The molecular formula is C10H23NO. The first kappa shape index (κ1) is 11.9. The van der Waals surface area contributed by atoms with Crippen LogP contribution >= 0.6 is 0 Å². The molecule has 0 heterocycles. The Hall–Kier alpha value is -0.0800. The fraction of sp³-hybridized carbons (Fsp3) is 1.00. The average Bonchev–Trinajstić information content (AvgIpc) is 2.06. The molecule has 0 aliphatic heterocycles. The second-order valence-electron chi connectivity index (χ2n) is 3.26. The quantitative estimate of drug-likeness (QED) is 0.658. The van der Waals surface area contributed by atoms with E-state index in [-0.39, 0.29) is 5.60 Å². The van der Waals surface area contributed by atoms with Gasteiger partial charge < -0.3 is 10.1 Å². The number of likely N-dealkylation sites (N-methyl/N-ethyl adjacent to an activating group) is 1. The van der Waals surface area contributed by atoms with Crippen LogP contribution in [0.2, 0.25) is 0 Å². The van der Waals surface area contributed by atoms with Gasteiger partial charge in [0.1, 0.15) is 0 Å². The minimum atomic E-state index is 0.233. The Kier molecular flexibility index (Phi) is 6.39. The number of nitrogens with one attached hydrogen (secondary N) is 1. The van der Waals surface area contributed by atoms with Crippen LogP contribution in [0.15, 0.2) is 0 Å². The van der Waals surface area contributed by atoms with E-state index in [1.807, 2.05) is 20.9 Å². The van der Waals surface area contributed by atoms with Crippen molar-refractivity contribution in [3.05, 3.63) is 0 Å². The Morgan fingerprint density at radius 2 is 1.92 bits per heavy atom. The second kappa shape index (κ2) is 6.44. The summed E-state index contributed by atoms with van der Waals surface area (Å²) in [5.41, 5.74) is 0.233. The molecule has 74 valence electrons. The van der Waals surface area contributed by atoms with Crippen LogP contribution in [-0.4, -0.2) is 25.8 Å². The fourth-order valence-electron chi connectivity index (χ4n) is 1.22. The lowest BCUT2D eigenvalue weighted by Gasteiger charge is -2.38. The zero-order valence-electron chi connectivity index (χ0n) is 8.94. The molecule has 1 aliphatic rings. The molecule has 0 unspecified atom stereocenters. The van der Waals surface area contributed by atoms with Gasteiger partial charge in [-0.25, -0.2) is 0 Å². The smallest absolute Gasteiger partial charge is 0.0655 e. The molecule has 0 aromatic rings. The lowest BCUT2D eigenvalue weighted by Crippen LogP contribution is -2.38. The van der Waals surface area contributed by atoms with Gasteiger partial charge in [-0.15, -0.1) is 0 Å². The third-order valence-electron chi connectivity index (χ3n) is 2.21. The van der Waals surface area contributed by atoms with Gasteiger partial charge in [0, 0.05) is 6.54 Å². The lowest BCUT2D eigenvalue weighted by molar-refractivity contribution is -0.0832. The van der Waals surface area contributed by atoms with E-state index in [1.54, 1.807) is 0 Å². The van der Waals surface area contributed by atoms with Gasteiger partial charge in [0.25, 0.3) is 0 Å². The molecule has 12 heavy (non-hydrogen) atoms. The van der Waals surface area contributed by atoms with Crippen LogP contribution in [0.5, 0.6) is 0 Å². The summed E-state index contributed by atoms with van der Waals surface area (Å²) < 4.78 is 5.64. The molecule has 0 atom stereocenters. The monoisotopic (exact) mass is 173 g/mol. The van der Waals surface area contributed by atoms with Crippen molar-refractivity contribution in [3.8, 4) is 0 Å². The van der Waals surface area contributed by atoms with Gasteiger partial charge >= 0.3 is 0 Å². The van der Waals surface area contributed by atoms with E-state index in [4.69, 9.17) is 4.74 Å². The van der Waals surface area contributed by atoms with Crippen LogP contribution in [0.1, 0.15) is 40.0 Å². The SMILES string of the molecule is CC.CNCCOC1(C)CCC1. The highest BCUT2D eigenvalue weighted by Crippen LogP contribution is 2.34. The molecule has 1 saturated carbocycles. The predicted octanol–water partition coefficient (Wildman–Crippen LogP) is 2.19. The fourth-order valence-corrected chi connectivity index (χ4v) is 1.22. The summed E-state index contributed by atoms with van der Waals surface area (Å²) in [6, 6.07) is 0. The Morgan fingerprint density at radius 3 is 2.25 bits per heavy atom. The molecule has 0 bridgehead atoms. The predicted molar refractivity (Wildman–Crippen MR) is 53.5 cm³/mol. The van der Waals surface area contributed by atoms with Gasteiger partial charge in [0.2, 0.25) is 0 Å². The number of hydrogen-bond donors (Lipinski definition) is 1. The highest BCUT2D eigenvalue weighted by Gasteiger charge is 2.32. The standard InChI is InChI=1S/C8H17NO.C2H6/c1-8(4-3-5-8)10-7-6-9-2;1-2/h9H,3-7H2,1-2H3;1-2H3. The molecule has 0 saturated heterocycles. The molecule has 1 rings (SSSR count). The van der Waals surface area contributed by atoms with Crippen LogP contribution in [0.3, 0.4) is 0 Å². The van der Waals surface area contributed by atoms with Crippen LogP contribution in [0.4, 0.5) is 0 Å².